The van der Waals surface area contributed by atoms with E-state index in [-0.39, 0.29) is 0 Å². The van der Waals surface area contributed by atoms with Crippen molar-refractivity contribution in [2.45, 2.75) is 25.2 Å². The molecule has 6 aromatic rings. The second kappa shape index (κ2) is 8.06. The number of fused-ring (bicyclic) bond motifs is 7. The van der Waals surface area contributed by atoms with Crippen LogP contribution in [0.3, 0.4) is 0 Å². The van der Waals surface area contributed by atoms with E-state index < -0.39 is 0 Å². The summed E-state index contributed by atoms with van der Waals surface area (Å²) in [6.45, 7) is 0. The summed E-state index contributed by atoms with van der Waals surface area (Å²) in [5.41, 5.74) is 7.57. The molecule has 0 amide bonds. The minimum absolute atomic E-state index is 0.353. The van der Waals surface area contributed by atoms with Gasteiger partial charge in [-0.2, -0.15) is 0 Å². The number of rotatable bonds is 4. The van der Waals surface area contributed by atoms with Gasteiger partial charge >= 0.3 is 0 Å². The lowest BCUT2D eigenvalue weighted by molar-refractivity contribution is 0.602. The van der Waals surface area contributed by atoms with Crippen LogP contribution in [0.15, 0.2) is 86.0 Å². The fraction of sp³-hybridized carbons (Fsp3) is 0.143. The number of para-hydroxylation sites is 1. The smallest absolute Gasteiger partial charge is 0.237 e. The van der Waals surface area contributed by atoms with E-state index in [0.29, 0.717) is 11.9 Å². The number of aromatic nitrogens is 7. The van der Waals surface area contributed by atoms with Crippen LogP contribution in [0.25, 0.3) is 38.9 Å². The molecule has 0 aliphatic heterocycles. The average Bonchev–Trinajstić information content (AvgIpc) is 3.28. The Morgan fingerprint density at radius 3 is 2.31 bits per heavy atom. The summed E-state index contributed by atoms with van der Waals surface area (Å²) in [6, 6.07) is 21.8. The topological polar surface area (TPSA) is 82.3 Å². The van der Waals surface area contributed by atoms with Gasteiger partial charge < -0.3 is 0 Å². The Bertz CT molecular complexity index is 1680. The van der Waals surface area contributed by atoms with Crippen molar-refractivity contribution in [1.29, 1.82) is 0 Å². The second-order valence-electron chi connectivity index (χ2n) is 8.86. The quantitative estimate of drug-likeness (QED) is 0.368. The molecule has 0 unspecified atom stereocenters. The molecule has 1 atom stereocenters. The van der Waals surface area contributed by atoms with Crippen LogP contribution in [0.5, 0.6) is 0 Å². The number of nitrogens with zero attached hydrogens (tertiary/aromatic N) is 7. The molecule has 3 aromatic carbocycles. The van der Waals surface area contributed by atoms with Crippen LogP contribution in [-0.4, -0.2) is 34.5 Å². The van der Waals surface area contributed by atoms with E-state index in [4.69, 9.17) is 0 Å². The van der Waals surface area contributed by atoms with E-state index in [2.05, 4.69) is 95.1 Å². The largest absolute Gasteiger partial charge is 0.278 e. The predicted molar refractivity (Wildman–Crippen MR) is 134 cm³/mol. The zero-order chi connectivity index (χ0) is 23.2. The van der Waals surface area contributed by atoms with Gasteiger partial charge in [-0.15, -0.1) is 0 Å². The lowest BCUT2D eigenvalue weighted by atomic mass is 9.76. The standard InChI is InChI=1S/C28H21N7/c1-2-6-20-19(5-1)18(9-12-26-31-14-29-15-32-26)13-24-21(20)10-11-23-22-7-3-4-8-25(22)35(27(23)24)28-33-16-30-17-34-28/h1-8,10-11,14-18H,9,12-13H2/t18-/m0/s1. The van der Waals surface area contributed by atoms with Crippen molar-refractivity contribution in [3.05, 3.63) is 103 Å². The van der Waals surface area contributed by atoms with E-state index in [1.54, 1.807) is 25.3 Å². The molecule has 0 saturated carbocycles. The maximum absolute atomic E-state index is 4.53. The van der Waals surface area contributed by atoms with Crippen molar-refractivity contribution in [3.8, 4) is 17.1 Å². The Labute approximate surface area is 201 Å². The maximum Gasteiger partial charge on any atom is 0.237 e. The molecule has 0 bridgehead atoms. The van der Waals surface area contributed by atoms with Gasteiger partial charge in [-0.05, 0) is 47.1 Å². The average molecular weight is 456 g/mol. The normalized spacial score (nSPS) is 14.7. The summed E-state index contributed by atoms with van der Waals surface area (Å²) in [5, 5.41) is 2.42. The summed E-state index contributed by atoms with van der Waals surface area (Å²) in [6.07, 6.45) is 8.96. The van der Waals surface area contributed by atoms with E-state index in [1.165, 1.54) is 38.5 Å². The zero-order valence-corrected chi connectivity index (χ0v) is 18.9. The van der Waals surface area contributed by atoms with Crippen LogP contribution in [-0.2, 0) is 12.8 Å². The Kier molecular flexibility index (Phi) is 4.58. The van der Waals surface area contributed by atoms with Crippen LogP contribution in [0.4, 0.5) is 0 Å². The molecule has 168 valence electrons. The third kappa shape index (κ3) is 3.19. The molecule has 3 heterocycles. The van der Waals surface area contributed by atoms with E-state index in [1.807, 2.05) is 0 Å². The molecular weight excluding hydrogens is 434 g/mol. The Hall–Kier alpha value is -4.52. The lowest BCUT2D eigenvalue weighted by Crippen LogP contribution is -2.14. The first-order chi connectivity index (χ1) is 17.4. The SMILES string of the molecule is c1ccc2c(c1)-c1ccc3c4ccccc4n(-c4ncncn4)c3c1C[C@@H]2CCc1ncncn1. The molecule has 1 aliphatic carbocycles. The van der Waals surface area contributed by atoms with Gasteiger partial charge in [-0.1, -0.05) is 54.6 Å². The highest BCUT2D eigenvalue weighted by atomic mass is 15.2. The van der Waals surface area contributed by atoms with Crippen LogP contribution in [0.2, 0.25) is 0 Å². The number of benzene rings is 3. The van der Waals surface area contributed by atoms with E-state index >= 15 is 0 Å². The van der Waals surface area contributed by atoms with Gasteiger partial charge in [0, 0.05) is 17.2 Å². The van der Waals surface area contributed by atoms with Crippen molar-refractivity contribution < 1.29 is 0 Å². The van der Waals surface area contributed by atoms with Crippen LogP contribution in [0.1, 0.15) is 29.3 Å². The van der Waals surface area contributed by atoms with Crippen molar-refractivity contribution >= 4 is 21.8 Å². The third-order valence-corrected chi connectivity index (χ3v) is 7.03. The van der Waals surface area contributed by atoms with Crippen molar-refractivity contribution in [3.63, 3.8) is 0 Å². The van der Waals surface area contributed by atoms with Crippen LogP contribution < -0.4 is 0 Å². The molecule has 0 spiro atoms. The first-order valence-corrected chi connectivity index (χ1v) is 11.8. The van der Waals surface area contributed by atoms with Gasteiger partial charge in [-0.25, -0.2) is 29.9 Å². The molecule has 0 N–H and O–H groups in total. The first-order valence-electron chi connectivity index (χ1n) is 11.8. The Morgan fingerprint density at radius 1 is 0.714 bits per heavy atom. The number of hydrogen-bond acceptors (Lipinski definition) is 6. The monoisotopic (exact) mass is 455 g/mol. The minimum atomic E-state index is 0.353. The van der Waals surface area contributed by atoms with Gasteiger partial charge in [0.05, 0.1) is 11.0 Å². The van der Waals surface area contributed by atoms with Crippen molar-refractivity contribution in [1.82, 2.24) is 34.5 Å². The highest BCUT2D eigenvalue weighted by Crippen LogP contribution is 2.46. The molecule has 7 heteroatoms. The zero-order valence-electron chi connectivity index (χ0n) is 18.9. The number of aryl methyl sites for hydroxylation is 1. The lowest BCUT2D eigenvalue weighted by Gasteiger charge is -2.29. The van der Waals surface area contributed by atoms with E-state index in [9.17, 15) is 0 Å². The summed E-state index contributed by atoms with van der Waals surface area (Å²) in [7, 11) is 0. The molecule has 0 saturated heterocycles. The summed E-state index contributed by atoms with van der Waals surface area (Å²) in [5.74, 6) is 1.83. The maximum atomic E-state index is 4.53. The summed E-state index contributed by atoms with van der Waals surface area (Å²) < 4.78 is 2.20. The van der Waals surface area contributed by atoms with Gasteiger partial charge in [0.2, 0.25) is 5.95 Å². The fourth-order valence-electron chi connectivity index (χ4n) is 5.55. The van der Waals surface area contributed by atoms with E-state index in [0.717, 1.165) is 30.6 Å². The van der Waals surface area contributed by atoms with Crippen LogP contribution >= 0.6 is 0 Å². The molecule has 35 heavy (non-hydrogen) atoms. The molecule has 1 aliphatic rings. The van der Waals surface area contributed by atoms with Gasteiger partial charge in [0.15, 0.2) is 0 Å². The van der Waals surface area contributed by atoms with Gasteiger partial charge in [0.25, 0.3) is 0 Å². The molecule has 0 fully saturated rings. The molecule has 0 radical (unpaired) electrons. The highest BCUT2D eigenvalue weighted by molar-refractivity contribution is 6.11. The van der Waals surface area contributed by atoms with Crippen LogP contribution in [0, 0.1) is 0 Å². The Morgan fingerprint density at radius 2 is 1.46 bits per heavy atom. The predicted octanol–water partition coefficient (Wildman–Crippen LogP) is 5.09. The summed E-state index contributed by atoms with van der Waals surface area (Å²) >= 11 is 0. The summed E-state index contributed by atoms with van der Waals surface area (Å²) in [4.78, 5) is 25.8. The van der Waals surface area contributed by atoms with Gasteiger partial charge in [0.1, 0.15) is 31.1 Å². The molecule has 7 rings (SSSR count). The second-order valence-corrected chi connectivity index (χ2v) is 8.86. The highest BCUT2D eigenvalue weighted by Gasteiger charge is 2.28. The van der Waals surface area contributed by atoms with Crippen molar-refractivity contribution in [2.24, 2.45) is 0 Å². The minimum Gasteiger partial charge on any atom is -0.278 e. The molecule has 3 aromatic heterocycles. The fourth-order valence-corrected chi connectivity index (χ4v) is 5.55. The third-order valence-electron chi connectivity index (χ3n) is 7.03. The number of hydrogen-bond donors (Lipinski definition) is 0. The molecule has 7 nitrogen and oxygen atoms in total. The van der Waals surface area contributed by atoms with Crippen molar-refractivity contribution in [2.75, 3.05) is 0 Å². The first kappa shape index (κ1) is 19.9. The molecular formula is C28H21N7. The van der Waals surface area contributed by atoms with Gasteiger partial charge in [-0.3, -0.25) is 4.57 Å². The Balaban J connectivity index is 1.46.